The molecule has 1 aromatic rings. The number of hydrogen-bond donors (Lipinski definition) is 1. The van der Waals surface area contributed by atoms with Crippen LogP contribution in [0.25, 0.3) is 0 Å². The standard InChI is InChI=1S/C9H11FN4O/c1-5-4-7(13-9(10)12-5)14-3-2-6(14)8(11)15/h4,6H,2-3H2,1H3,(H2,11,15). The Morgan fingerprint density at radius 1 is 1.67 bits per heavy atom. The number of aromatic nitrogens is 2. The minimum absolute atomic E-state index is 0.362. The molecular weight excluding hydrogens is 199 g/mol. The smallest absolute Gasteiger partial charge is 0.310 e. The highest BCUT2D eigenvalue weighted by molar-refractivity contribution is 5.85. The fourth-order valence-electron chi connectivity index (χ4n) is 1.62. The topological polar surface area (TPSA) is 72.1 Å². The van der Waals surface area contributed by atoms with E-state index in [0.29, 0.717) is 24.5 Å². The fourth-order valence-corrected chi connectivity index (χ4v) is 1.62. The van der Waals surface area contributed by atoms with Gasteiger partial charge in [-0.3, -0.25) is 4.79 Å². The van der Waals surface area contributed by atoms with Gasteiger partial charge in [-0.25, -0.2) is 4.98 Å². The molecule has 0 spiro atoms. The maximum atomic E-state index is 12.9. The summed E-state index contributed by atoms with van der Waals surface area (Å²) in [5.41, 5.74) is 5.72. The van der Waals surface area contributed by atoms with Crippen molar-refractivity contribution in [1.82, 2.24) is 9.97 Å². The molecule has 1 aliphatic rings. The molecule has 2 N–H and O–H groups in total. The van der Waals surface area contributed by atoms with Gasteiger partial charge in [0.2, 0.25) is 5.91 Å². The van der Waals surface area contributed by atoms with Crippen molar-refractivity contribution in [2.24, 2.45) is 5.73 Å². The van der Waals surface area contributed by atoms with Crippen molar-refractivity contribution in [2.45, 2.75) is 19.4 Å². The Morgan fingerprint density at radius 3 is 2.87 bits per heavy atom. The van der Waals surface area contributed by atoms with E-state index in [4.69, 9.17) is 5.73 Å². The molecule has 1 atom stereocenters. The van der Waals surface area contributed by atoms with Crippen LogP contribution in [0.3, 0.4) is 0 Å². The SMILES string of the molecule is Cc1cc(N2CCC2C(N)=O)nc(F)n1. The zero-order chi connectivity index (χ0) is 11.0. The molecule has 2 heterocycles. The summed E-state index contributed by atoms with van der Waals surface area (Å²) >= 11 is 0. The lowest BCUT2D eigenvalue weighted by Gasteiger charge is -2.39. The van der Waals surface area contributed by atoms with E-state index in [-0.39, 0.29) is 6.04 Å². The van der Waals surface area contributed by atoms with Crippen LogP contribution < -0.4 is 10.6 Å². The summed E-state index contributed by atoms with van der Waals surface area (Å²) in [4.78, 5) is 19.8. The van der Waals surface area contributed by atoms with E-state index in [9.17, 15) is 9.18 Å². The Bertz CT molecular complexity index is 389. The normalized spacial score (nSPS) is 19.9. The van der Waals surface area contributed by atoms with E-state index >= 15 is 0 Å². The maximum Gasteiger partial charge on any atom is 0.310 e. The molecule has 0 saturated carbocycles. The third-order valence-electron chi connectivity index (χ3n) is 2.46. The van der Waals surface area contributed by atoms with Gasteiger partial charge in [0.05, 0.1) is 0 Å². The summed E-state index contributed by atoms with van der Waals surface area (Å²) in [6.45, 7) is 2.34. The van der Waals surface area contributed by atoms with Gasteiger partial charge in [0.25, 0.3) is 0 Å². The van der Waals surface area contributed by atoms with E-state index in [1.807, 2.05) is 0 Å². The Labute approximate surface area is 86.1 Å². The van der Waals surface area contributed by atoms with Crippen molar-refractivity contribution in [2.75, 3.05) is 11.4 Å². The number of anilines is 1. The van der Waals surface area contributed by atoms with Crippen LogP contribution in [0.1, 0.15) is 12.1 Å². The lowest BCUT2D eigenvalue weighted by atomic mass is 10.0. The molecule has 0 radical (unpaired) electrons. The zero-order valence-corrected chi connectivity index (χ0v) is 8.27. The summed E-state index contributed by atoms with van der Waals surface area (Å²) < 4.78 is 12.9. The van der Waals surface area contributed by atoms with Gasteiger partial charge in [-0.2, -0.15) is 9.37 Å². The largest absolute Gasteiger partial charge is 0.368 e. The second-order valence-corrected chi connectivity index (χ2v) is 3.54. The van der Waals surface area contributed by atoms with Gasteiger partial charge >= 0.3 is 6.08 Å². The highest BCUT2D eigenvalue weighted by Gasteiger charge is 2.33. The highest BCUT2D eigenvalue weighted by atomic mass is 19.1. The van der Waals surface area contributed by atoms with Crippen molar-refractivity contribution in [1.29, 1.82) is 0 Å². The number of aryl methyl sites for hydroxylation is 1. The molecule has 2 rings (SSSR count). The molecule has 0 bridgehead atoms. The first-order valence-electron chi connectivity index (χ1n) is 4.65. The van der Waals surface area contributed by atoms with Gasteiger partial charge in [0.15, 0.2) is 0 Å². The van der Waals surface area contributed by atoms with Gasteiger partial charge < -0.3 is 10.6 Å². The Balaban J connectivity index is 2.26. The minimum Gasteiger partial charge on any atom is -0.368 e. The van der Waals surface area contributed by atoms with Crippen LogP contribution in [0.4, 0.5) is 10.2 Å². The third-order valence-corrected chi connectivity index (χ3v) is 2.46. The summed E-state index contributed by atoms with van der Waals surface area (Å²) in [6.07, 6.45) is -0.0832. The maximum absolute atomic E-state index is 12.9. The van der Waals surface area contributed by atoms with Crippen LogP contribution >= 0.6 is 0 Å². The summed E-state index contributed by atoms with van der Waals surface area (Å²) in [6, 6.07) is 1.27. The second kappa shape index (κ2) is 3.45. The average molecular weight is 210 g/mol. The van der Waals surface area contributed by atoms with Crippen LogP contribution in [0.15, 0.2) is 6.07 Å². The van der Waals surface area contributed by atoms with Gasteiger partial charge in [0.1, 0.15) is 11.9 Å². The first-order chi connectivity index (χ1) is 7.08. The van der Waals surface area contributed by atoms with E-state index < -0.39 is 12.0 Å². The number of carbonyl (C=O) groups excluding carboxylic acids is 1. The van der Waals surface area contributed by atoms with E-state index in [1.54, 1.807) is 17.9 Å². The molecule has 0 aliphatic carbocycles. The molecular formula is C9H11FN4O. The summed E-state index contributed by atoms with van der Waals surface area (Å²) in [5, 5.41) is 0. The van der Waals surface area contributed by atoms with E-state index in [2.05, 4.69) is 9.97 Å². The van der Waals surface area contributed by atoms with Crippen molar-refractivity contribution < 1.29 is 9.18 Å². The number of nitrogens with two attached hydrogens (primary N) is 1. The van der Waals surface area contributed by atoms with Crippen molar-refractivity contribution in [3.63, 3.8) is 0 Å². The Morgan fingerprint density at radius 2 is 2.40 bits per heavy atom. The zero-order valence-electron chi connectivity index (χ0n) is 8.27. The lowest BCUT2D eigenvalue weighted by Crippen LogP contribution is -2.55. The summed E-state index contributed by atoms with van der Waals surface area (Å²) in [5.74, 6) is 0.0213. The molecule has 1 aliphatic heterocycles. The number of hydrogen-bond acceptors (Lipinski definition) is 4. The minimum atomic E-state index is -0.778. The molecule has 5 nitrogen and oxygen atoms in total. The Hall–Kier alpha value is -1.72. The molecule has 1 amide bonds. The van der Waals surface area contributed by atoms with Crippen LogP contribution in [-0.2, 0) is 4.79 Å². The summed E-state index contributed by atoms with van der Waals surface area (Å²) in [7, 11) is 0. The molecule has 0 aromatic carbocycles. The van der Waals surface area contributed by atoms with Crippen molar-refractivity contribution in [3.05, 3.63) is 17.8 Å². The molecule has 15 heavy (non-hydrogen) atoms. The van der Waals surface area contributed by atoms with E-state index in [0.717, 1.165) is 0 Å². The highest BCUT2D eigenvalue weighted by Crippen LogP contribution is 2.24. The van der Waals surface area contributed by atoms with Gasteiger partial charge in [0, 0.05) is 18.3 Å². The van der Waals surface area contributed by atoms with Crippen LogP contribution in [0, 0.1) is 13.0 Å². The fraction of sp³-hybridized carbons (Fsp3) is 0.444. The number of nitrogens with zero attached hydrogens (tertiary/aromatic N) is 3. The van der Waals surface area contributed by atoms with Gasteiger partial charge in [-0.1, -0.05) is 0 Å². The number of amides is 1. The predicted molar refractivity (Wildman–Crippen MR) is 51.7 cm³/mol. The molecule has 1 unspecified atom stereocenters. The van der Waals surface area contributed by atoms with Gasteiger partial charge in [-0.15, -0.1) is 0 Å². The van der Waals surface area contributed by atoms with Crippen LogP contribution in [0.2, 0.25) is 0 Å². The molecule has 1 saturated heterocycles. The van der Waals surface area contributed by atoms with Crippen LogP contribution in [0.5, 0.6) is 0 Å². The van der Waals surface area contributed by atoms with Gasteiger partial charge in [-0.05, 0) is 13.3 Å². The first-order valence-corrected chi connectivity index (χ1v) is 4.65. The van der Waals surface area contributed by atoms with Crippen molar-refractivity contribution in [3.8, 4) is 0 Å². The molecule has 6 heteroatoms. The number of carbonyl (C=O) groups is 1. The number of primary amides is 1. The third kappa shape index (κ3) is 1.74. The quantitative estimate of drug-likeness (QED) is 0.697. The number of rotatable bonds is 2. The number of halogens is 1. The van der Waals surface area contributed by atoms with Crippen molar-refractivity contribution >= 4 is 11.7 Å². The Kier molecular flexibility index (Phi) is 2.26. The predicted octanol–water partition coefficient (Wildman–Crippen LogP) is -0.0119. The molecule has 80 valence electrons. The lowest BCUT2D eigenvalue weighted by molar-refractivity contribution is -0.120. The van der Waals surface area contributed by atoms with E-state index in [1.165, 1.54) is 0 Å². The average Bonchev–Trinajstić information content (AvgIpc) is 1.97. The van der Waals surface area contributed by atoms with Crippen LogP contribution in [-0.4, -0.2) is 28.5 Å². The second-order valence-electron chi connectivity index (χ2n) is 3.54. The molecule has 1 fully saturated rings. The molecule has 1 aromatic heterocycles. The monoisotopic (exact) mass is 210 g/mol. The first kappa shape index (κ1) is 9.82.